The monoisotopic (exact) mass is 300 g/mol. The van der Waals surface area contributed by atoms with Gasteiger partial charge in [-0.15, -0.1) is 0 Å². The first-order valence-electron chi connectivity index (χ1n) is 7.85. The van der Waals surface area contributed by atoms with Crippen molar-refractivity contribution in [2.75, 3.05) is 19.7 Å². The van der Waals surface area contributed by atoms with Crippen molar-refractivity contribution in [3.63, 3.8) is 0 Å². The number of aromatic nitrogens is 1. The van der Waals surface area contributed by atoms with Gasteiger partial charge in [0.05, 0.1) is 17.9 Å². The van der Waals surface area contributed by atoms with Crippen molar-refractivity contribution < 1.29 is 14.6 Å². The number of hydrogen-bond donors (Lipinski definition) is 2. The highest BCUT2D eigenvalue weighted by atomic mass is 16.5. The van der Waals surface area contributed by atoms with E-state index in [1.54, 1.807) is 0 Å². The predicted molar refractivity (Wildman–Crippen MR) is 83.0 cm³/mol. The average molecular weight is 300 g/mol. The number of aromatic amines is 1. The van der Waals surface area contributed by atoms with Crippen LogP contribution in [0.2, 0.25) is 0 Å². The highest BCUT2D eigenvalue weighted by molar-refractivity contribution is 5.90. The van der Waals surface area contributed by atoms with Gasteiger partial charge in [0.25, 0.3) is 0 Å². The molecule has 0 spiro atoms. The fraction of sp³-hybridized carbons (Fsp3) is 0.471. The summed E-state index contributed by atoms with van der Waals surface area (Å²) in [4.78, 5) is 16.4. The lowest BCUT2D eigenvalue weighted by molar-refractivity contribution is 0.0136. The summed E-state index contributed by atoms with van der Waals surface area (Å²) in [5, 5.41) is 11.1. The Morgan fingerprint density at radius 1 is 1.45 bits per heavy atom. The zero-order valence-corrected chi connectivity index (χ0v) is 12.4. The maximum absolute atomic E-state index is 10.9. The third-order valence-electron chi connectivity index (χ3n) is 4.84. The highest BCUT2D eigenvalue weighted by Gasteiger charge is 2.29. The molecule has 2 unspecified atom stereocenters. The van der Waals surface area contributed by atoms with Gasteiger partial charge in [-0.3, -0.25) is 9.69 Å². The molecule has 0 amide bonds. The molecular formula is C17H20N2O3. The molecule has 1 saturated heterocycles. The second-order valence-corrected chi connectivity index (χ2v) is 6.26. The van der Waals surface area contributed by atoms with E-state index in [-0.39, 0.29) is 12.2 Å². The number of rotatable bonds is 3. The number of aliphatic hydroxyl groups is 1. The molecule has 0 saturated carbocycles. The quantitative estimate of drug-likeness (QED) is 0.843. The van der Waals surface area contributed by atoms with Crippen LogP contribution in [0.15, 0.2) is 18.2 Å². The second-order valence-electron chi connectivity index (χ2n) is 6.26. The fourth-order valence-corrected chi connectivity index (χ4v) is 3.65. The molecule has 2 atom stereocenters. The van der Waals surface area contributed by atoms with Crippen LogP contribution in [0, 0.1) is 0 Å². The van der Waals surface area contributed by atoms with Crippen LogP contribution in [0.5, 0.6) is 0 Å². The minimum atomic E-state index is -0.330. The number of hydrogen-bond acceptors (Lipinski definition) is 4. The lowest BCUT2D eigenvalue weighted by atomic mass is 9.95. The van der Waals surface area contributed by atoms with E-state index in [0.717, 1.165) is 49.7 Å². The number of fused-ring (bicyclic) bond motifs is 3. The van der Waals surface area contributed by atoms with E-state index < -0.39 is 0 Å². The van der Waals surface area contributed by atoms with Gasteiger partial charge >= 0.3 is 0 Å². The zero-order valence-electron chi connectivity index (χ0n) is 12.4. The summed E-state index contributed by atoms with van der Waals surface area (Å²) in [6, 6.07) is 6.13. The van der Waals surface area contributed by atoms with Gasteiger partial charge in [0.15, 0.2) is 6.29 Å². The minimum absolute atomic E-state index is 0.0563. The maximum atomic E-state index is 10.9. The van der Waals surface area contributed by atoms with E-state index in [0.29, 0.717) is 12.3 Å². The highest BCUT2D eigenvalue weighted by Crippen LogP contribution is 2.28. The molecule has 3 heterocycles. The fourth-order valence-electron chi connectivity index (χ4n) is 3.65. The number of aliphatic hydroxyl groups excluding tert-OH is 1. The third kappa shape index (κ3) is 2.35. The number of ether oxygens (including phenoxy) is 1. The van der Waals surface area contributed by atoms with Crippen molar-refractivity contribution in [1.82, 2.24) is 9.88 Å². The van der Waals surface area contributed by atoms with Gasteiger partial charge in [0.1, 0.15) is 0 Å². The number of carbonyl (C=O) groups is 1. The van der Waals surface area contributed by atoms with Crippen LogP contribution in [0.25, 0.3) is 10.9 Å². The molecule has 2 aliphatic heterocycles. The zero-order chi connectivity index (χ0) is 15.1. The van der Waals surface area contributed by atoms with E-state index in [1.165, 1.54) is 11.1 Å². The van der Waals surface area contributed by atoms with Gasteiger partial charge in [-0.2, -0.15) is 0 Å². The summed E-state index contributed by atoms with van der Waals surface area (Å²) in [5.41, 5.74) is 4.31. The Morgan fingerprint density at radius 2 is 2.36 bits per heavy atom. The number of benzene rings is 1. The van der Waals surface area contributed by atoms with Crippen LogP contribution in [0.3, 0.4) is 0 Å². The Kier molecular flexibility index (Phi) is 3.48. The van der Waals surface area contributed by atoms with E-state index in [2.05, 4.69) is 16.0 Å². The van der Waals surface area contributed by atoms with Crippen molar-refractivity contribution in [3.8, 4) is 0 Å². The Hall–Kier alpha value is -1.69. The smallest absolute Gasteiger partial charge is 0.166 e. The topological polar surface area (TPSA) is 65.6 Å². The molecule has 2 aromatic rings. The molecule has 0 radical (unpaired) electrons. The van der Waals surface area contributed by atoms with Gasteiger partial charge in [-0.1, -0.05) is 6.07 Å². The lowest BCUT2D eigenvalue weighted by Gasteiger charge is -2.31. The summed E-state index contributed by atoms with van der Waals surface area (Å²) in [5.74, 6) is 0. The summed E-state index contributed by atoms with van der Waals surface area (Å²) < 4.78 is 5.61. The Bertz CT molecular complexity index is 709. The summed E-state index contributed by atoms with van der Waals surface area (Å²) >= 11 is 0. The molecule has 22 heavy (non-hydrogen) atoms. The van der Waals surface area contributed by atoms with Crippen LogP contribution >= 0.6 is 0 Å². The van der Waals surface area contributed by atoms with Crippen LogP contribution in [0.4, 0.5) is 0 Å². The van der Waals surface area contributed by atoms with E-state index in [4.69, 9.17) is 4.74 Å². The molecule has 5 nitrogen and oxygen atoms in total. The molecular weight excluding hydrogens is 280 g/mol. The van der Waals surface area contributed by atoms with Crippen molar-refractivity contribution in [1.29, 1.82) is 0 Å². The van der Waals surface area contributed by atoms with Crippen LogP contribution < -0.4 is 0 Å². The number of nitrogens with one attached hydrogen (secondary N) is 1. The normalized spacial score (nSPS) is 25.5. The van der Waals surface area contributed by atoms with Crippen molar-refractivity contribution >= 4 is 17.2 Å². The van der Waals surface area contributed by atoms with E-state index in [1.807, 2.05) is 12.1 Å². The summed E-state index contributed by atoms with van der Waals surface area (Å²) in [6.45, 7) is 3.28. The largest absolute Gasteiger partial charge is 0.390 e. The maximum Gasteiger partial charge on any atom is 0.166 e. The molecule has 5 heteroatoms. The molecule has 4 rings (SSSR count). The molecule has 2 N–H and O–H groups in total. The van der Waals surface area contributed by atoms with E-state index >= 15 is 0 Å². The first kappa shape index (κ1) is 13.9. The molecule has 1 aromatic carbocycles. The molecule has 0 aliphatic carbocycles. The van der Waals surface area contributed by atoms with Crippen molar-refractivity contribution in [2.24, 2.45) is 0 Å². The van der Waals surface area contributed by atoms with Crippen molar-refractivity contribution in [2.45, 2.75) is 31.6 Å². The standard InChI is InChI=1S/C17H20N2O3/c20-10-12-7-14-13-3-5-19(9-17-16(21)4-6-22-17)8-11(13)1-2-15(14)18-12/h1-2,7,10,16-18,21H,3-6,8-9H2. The number of carbonyl (C=O) groups excluding carboxylic acids is 1. The van der Waals surface area contributed by atoms with Crippen LogP contribution in [-0.4, -0.2) is 53.2 Å². The molecule has 2 aliphatic rings. The van der Waals surface area contributed by atoms with Gasteiger partial charge in [-0.05, 0) is 36.1 Å². The SMILES string of the molecule is O=Cc1cc2c3c(ccc2[nH]1)CN(CC1OCCC1O)CC3. The first-order valence-corrected chi connectivity index (χ1v) is 7.85. The number of H-pyrrole nitrogens is 1. The minimum Gasteiger partial charge on any atom is -0.390 e. The van der Waals surface area contributed by atoms with Gasteiger partial charge < -0.3 is 14.8 Å². The third-order valence-corrected chi connectivity index (χ3v) is 4.84. The van der Waals surface area contributed by atoms with Gasteiger partial charge in [-0.25, -0.2) is 0 Å². The number of nitrogens with zero attached hydrogens (tertiary/aromatic N) is 1. The Morgan fingerprint density at radius 3 is 3.14 bits per heavy atom. The Balaban J connectivity index is 1.57. The summed E-state index contributed by atoms with van der Waals surface area (Å²) in [6.07, 6.45) is 2.18. The average Bonchev–Trinajstić information content (AvgIpc) is 3.13. The first-order chi connectivity index (χ1) is 10.7. The Labute approximate surface area is 128 Å². The molecule has 116 valence electrons. The summed E-state index contributed by atoms with van der Waals surface area (Å²) in [7, 11) is 0. The van der Waals surface area contributed by atoms with E-state index in [9.17, 15) is 9.90 Å². The van der Waals surface area contributed by atoms with Crippen LogP contribution in [-0.2, 0) is 17.7 Å². The van der Waals surface area contributed by atoms with Gasteiger partial charge in [0.2, 0.25) is 0 Å². The number of aldehydes is 1. The molecule has 0 bridgehead atoms. The molecule has 1 fully saturated rings. The predicted octanol–water partition coefficient (Wildman–Crippen LogP) is 1.49. The van der Waals surface area contributed by atoms with Crippen LogP contribution in [0.1, 0.15) is 28.0 Å². The van der Waals surface area contributed by atoms with Gasteiger partial charge in [0, 0.05) is 37.1 Å². The lowest BCUT2D eigenvalue weighted by Crippen LogP contribution is -2.40. The second kappa shape index (κ2) is 5.50. The molecule has 1 aromatic heterocycles. The van der Waals surface area contributed by atoms with Crippen molar-refractivity contribution in [3.05, 3.63) is 35.0 Å².